The highest BCUT2D eigenvalue weighted by Crippen LogP contribution is 2.19. The van der Waals surface area contributed by atoms with Crippen LogP contribution in [0.25, 0.3) is 11.4 Å². The average Bonchev–Trinajstić information content (AvgIpc) is 2.86. The summed E-state index contributed by atoms with van der Waals surface area (Å²) in [4.78, 5) is 17.4. The molecule has 2 N–H and O–H groups in total. The number of H-pyrrole nitrogens is 1. The van der Waals surface area contributed by atoms with Crippen LogP contribution in [0.1, 0.15) is 5.56 Å². The lowest BCUT2D eigenvalue weighted by atomic mass is 10.1. The zero-order valence-corrected chi connectivity index (χ0v) is 11.0. The number of nitrogens with one attached hydrogen (secondary N) is 1. The highest BCUT2D eigenvalue weighted by Gasteiger charge is 2.07. The fourth-order valence-electron chi connectivity index (χ4n) is 1.49. The molecule has 0 bridgehead atoms. The van der Waals surface area contributed by atoms with Crippen molar-refractivity contribution in [2.45, 2.75) is 5.16 Å². The minimum Gasteiger partial charge on any atom is -0.481 e. The lowest BCUT2D eigenvalue weighted by Crippen LogP contribution is -1.97. The topological polar surface area (TPSA) is 91.2 Å². The average molecular weight is 276 g/mol. The van der Waals surface area contributed by atoms with Crippen molar-refractivity contribution in [2.24, 2.45) is 4.99 Å². The largest absolute Gasteiger partial charge is 0.481 e. The number of nitrogens with zero attached hydrogens (tertiary/aromatic N) is 3. The fourth-order valence-corrected chi connectivity index (χ4v) is 2.01. The molecule has 1 heterocycles. The number of aromatic amines is 1. The third-order valence-corrected chi connectivity index (χ3v) is 3.09. The van der Waals surface area contributed by atoms with Crippen LogP contribution in [0.15, 0.2) is 34.4 Å². The van der Waals surface area contributed by atoms with Gasteiger partial charge in [0.25, 0.3) is 0 Å². The molecule has 0 spiro atoms. The van der Waals surface area contributed by atoms with E-state index < -0.39 is 5.97 Å². The van der Waals surface area contributed by atoms with Gasteiger partial charge in [0.2, 0.25) is 0 Å². The summed E-state index contributed by atoms with van der Waals surface area (Å²) < 4.78 is 0. The third-order valence-electron chi connectivity index (χ3n) is 2.24. The summed E-state index contributed by atoms with van der Waals surface area (Å²) in [5.41, 5.74) is 1.85. The fraction of sp³-hybridized carbons (Fsp3) is 0.167. The molecule has 0 amide bonds. The monoisotopic (exact) mass is 276 g/mol. The van der Waals surface area contributed by atoms with Gasteiger partial charge in [0.05, 0.1) is 5.75 Å². The van der Waals surface area contributed by atoms with Gasteiger partial charge >= 0.3 is 5.97 Å². The Balaban J connectivity index is 2.17. The van der Waals surface area contributed by atoms with E-state index in [4.69, 9.17) is 5.11 Å². The van der Waals surface area contributed by atoms with Crippen LogP contribution in [0.5, 0.6) is 0 Å². The van der Waals surface area contributed by atoms with Crippen molar-refractivity contribution in [1.29, 1.82) is 0 Å². The van der Waals surface area contributed by atoms with Crippen LogP contribution in [0.3, 0.4) is 0 Å². The van der Waals surface area contributed by atoms with Crippen LogP contribution in [-0.4, -0.2) is 45.3 Å². The molecule has 19 heavy (non-hydrogen) atoms. The quantitative estimate of drug-likeness (QED) is 0.640. The second kappa shape index (κ2) is 6.14. The first-order chi connectivity index (χ1) is 9.19. The van der Waals surface area contributed by atoms with Crippen LogP contribution in [-0.2, 0) is 4.79 Å². The molecule has 0 saturated heterocycles. The van der Waals surface area contributed by atoms with Crippen LogP contribution in [0.2, 0.25) is 0 Å². The highest BCUT2D eigenvalue weighted by molar-refractivity contribution is 7.99. The third kappa shape index (κ3) is 3.65. The van der Waals surface area contributed by atoms with Gasteiger partial charge in [-0.25, -0.2) is 0 Å². The molecule has 98 valence electrons. The molecule has 6 nitrogen and oxygen atoms in total. The number of hydrogen-bond donors (Lipinski definition) is 2. The maximum absolute atomic E-state index is 10.5. The van der Waals surface area contributed by atoms with Gasteiger partial charge in [0, 0.05) is 18.8 Å². The van der Waals surface area contributed by atoms with Crippen LogP contribution in [0, 0.1) is 0 Å². The molecule has 2 rings (SSSR count). The molecular formula is C12H12N4O2S. The van der Waals surface area contributed by atoms with E-state index in [1.807, 2.05) is 24.3 Å². The normalized spacial score (nSPS) is 11.0. The van der Waals surface area contributed by atoms with Gasteiger partial charge in [-0.3, -0.25) is 9.79 Å². The van der Waals surface area contributed by atoms with E-state index in [2.05, 4.69) is 20.2 Å². The molecule has 0 aliphatic rings. The number of hydrogen-bond acceptors (Lipinski definition) is 5. The highest BCUT2D eigenvalue weighted by atomic mass is 32.2. The SMILES string of the molecule is C/N=C\c1cccc(-c2nnc(SCC(=O)O)[nH]2)c1. The molecule has 0 unspecified atom stereocenters. The Kier molecular flexibility index (Phi) is 4.30. The van der Waals surface area contributed by atoms with Gasteiger partial charge in [0.15, 0.2) is 11.0 Å². The molecule has 7 heteroatoms. The number of rotatable bonds is 5. The van der Waals surface area contributed by atoms with Crippen molar-refractivity contribution < 1.29 is 9.90 Å². The van der Waals surface area contributed by atoms with E-state index in [9.17, 15) is 4.79 Å². The Bertz CT molecular complexity index is 609. The van der Waals surface area contributed by atoms with Gasteiger partial charge in [-0.2, -0.15) is 0 Å². The smallest absolute Gasteiger partial charge is 0.313 e. The summed E-state index contributed by atoms with van der Waals surface area (Å²) in [5.74, 6) is -0.319. The van der Waals surface area contributed by atoms with Crippen molar-refractivity contribution >= 4 is 23.9 Å². The van der Waals surface area contributed by atoms with Crippen LogP contribution in [0.4, 0.5) is 0 Å². The van der Waals surface area contributed by atoms with E-state index in [-0.39, 0.29) is 5.75 Å². The van der Waals surface area contributed by atoms with Crippen molar-refractivity contribution in [3.8, 4) is 11.4 Å². The van der Waals surface area contributed by atoms with Crippen LogP contribution < -0.4 is 0 Å². The molecule has 1 aromatic carbocycles. The first kappa shape index (κ1) is 13.3. The minimum absolute atomic E-state index is 0.0445. The van der Waals surface area contributed by atoms with E-state index >= 15 is 0 Å². The number of carbonyl (C=O) groups is 1. The summed E-state index contributed by atoms with van der Waals surface area (Å²) in [6, 6.07) is 7.67. The predicted octanol–water partition coefficient (Wildman–Crippen LogP) is 1.70. The number of aromatic nitrogens is 3. The van der Waals surface area contributed by atoms with Gasteiger partial charge in [-0.05, 0) is 11.6 Å². The molecule has 2 aromatic rings. The van der Waals surface area contributed by atoms with Crippen molar-refractivity contribution in [2.75, 3.05) is 12.8 Å². The zero-order chi connectivity index (χ0) is 13.7. The number of benzene rings is 1. The summed E-state index contributed by atoms with van der Waals surface area (Å²) in [5, 5.41) is 17.0. The molecule has 0 saturated carbocycles. The molecule has 0 aliphatic heterocycles. The second-order valence-electron chi connectivity index (χ2n) is 3.67. The number of carboxylic acid groups (broad SMARTS) is 1. The van der Waals surface area contributed by atoms with E-state index in [0.29, 0.717) is 11.0 Å². The first-order valence-electron chi connectivity index (χ1n) is 5.49. The maximum Gasteiger partial charge on any atom is 0.313 e. The number of thioether (sulfide) groups is 1. The molecule has 0 atom stereocenters. The standard InChI is InChI=1S/C12H12N4O2S/c1-13-6-8-3-2-4-9(5-8)11-14-12(16-15-11)19-7-10(17)18/h2-6H,7H2,1H3,(H,17,18)(H,14,15,16)/b13-6-. The number of aliphatic carboxylic acids is 1. The zero-order valence-electron chi connectivity index (χ0n) is 10.2. The van der Waals surface area contributed by atoms with Gasteiger partial charge in [-0.15, -0.1) is 10.2 Å². The predicted molar refractivity (Wildman–Crippen MR) is 73.7 cm³/mol. The molecule has 0 aliphatic carbocycles. The Hall–Kier alpha value is -2.15. The van der Waals surface area contributed by atoms with Gasteiger partial charge < -0.3 is 10.1 Å². The summed E-state index contributed by atoms with van der Waals surface area (Å²) in [6.45, 7) is 0. The van der Waals surface area contributed by atoms with Gasteiger partial charge in [0.1, 0.15) is 0 Å². The Morgan fingerprint density at radius 3 is 3.11 bits per heavy atom. The van der Waals surface area contributed by atoms with Crippen molar-refractivity contribution in [3.63, 3.8) is 0 Å². The van der Waals surface area contributed by atoms with Crippen molar-refractivity contribution in [1.82, 2.24) is 15.2 Å². The minimum atomic E-state index is -0.885. The number of carboxylic acids is 1. The number of aliphatic imine (C=N–C) groups is 1. The van der Waals surface area contributed by atoms with Crippen LogP contribution >= 0.6 is 11.8 Å². The second-order valence-corrected chi connectivity index (χ2v) is 4.64. The first-order valence-corrected chi connectivity index (χ1v) is 6.47. The molecular weight excluding hydrogens is 264 g/mol. The lowest BCUT2D eigenvalue weighted by Gasteiger charge is -1.97. The molecule has 0 radical (unpaired) electrons. The Labute approximate surface area is 114 Å². The molecule has 1 aromatic heterocycles. The Morgan fingerprint density at radius 2 is 2.37 bits per heavy atom. The van der Waals surface area contributed by atoms with E-state index in [1.165, 1.54) is 0 Å². The maximum atomic E-state index is 10.5. The van der Waals surface area contributed by atoms with Crippen molar-refractivity contribution in [3.05, 3.63) is 29.8 Å². The van der Waals surface area contributed by atoms with Gasteiger partial charge in [-0.1, -0.05) is 30.0 Å². The summed E-state index contributed by atoms with van der Waals surface area (Å²) in [6.07, 6.45) is 1.75. The Morgan fingerprint density at radius 1 is 1.53 bits per heavy atom. The summed E-state index contributed by atoms with van der Waals surface area (Å²) >= 11 is 1.10. The molecule has 0 fully saturated rings. The van der Waals surface area contributed by atoms with E-state index in [1.54, 1.807) is 13.3 Å². The lowest BCUT2D eigenvalue weighted by molar-refractivity contribution is -0.133. The summed E-state index contributed by atoms with van der Waals surface area (Å²) in [7, 11) is 1.71. The van der Waals surface area contributed by atoms with E-state index in [0.717, 1.165) is 22.9 Å².